The van der Waals surface area contributed by atoms with Crippen molar-refractivity contribution in [2.45, 2.75) is 69.5 Å². The zero-order chi connectivity index (χ0) is 21.6. The molecule has 5 rings (SSSR count). The molecule has 2 aromatic rings. The van der Waals surface area contributed by atoms with E-state index in [4.69, 9.17) is 4.74 Å². The fourth-order valence-electron chi connectivity index (χ4n) is 4.51. The minimum atomic E-state index is -0.214. The first-order valence-corrected chi connectivity index (χ1v) is 11.6. The standard InChI is InChI=1S/C22H29FN6OS/c1-22(2,3)21-17(11-24-29-21)30-13-5-4-12(8-13)16-9-19(28-27-16)26-15-6-7-18-14(20(15)23)10-25-31-18/h6-7,9,11-13,21,24-25,29H,4-5,8,10H2,1-3H3,(H2,26,27,28). The molecule has 0 amide bonds. The molecule has 1 fully saturated rings. The lowest BCUT2D eigenvalue weighted by Crippen LogP contribution is -2.42. The Labute approximate surface area is 186 Å². The number of benzene rings is 1. The predicted molar refractivity (Wildman–Crippen MR) is 120 cm³/mol. The number of aromatic nitrogens is 2. The van der Waals surface area contributed by atoms with Crippen LogP contribution in [0.25, 0.3) is 0 Å². The van der Waals surface area contributed by atoms with E-state index in [2.05, 4.69) is 51.9 Å². The molecule has 0 saturated heterocycles. The number of ether oxygens (including phenoxy) is 1. The molecule has 2 aliphatic heterocycles. The third-order valence-electron chi connectivity index (χ3n) is 6.21. The summed E-state index contributed by atoms with van der Waals surface area (Å²) in [6.07, 6.45) is 5.09. The van der Waals surface area contributed by atoms with Crippen LogP contribution in [0.5, 0.6) is 0 Å². The second kappa shape index (κ2) is 8.03. The van der Waals surface area contributed by atoms with Crippen molar-refractivity contribution in [1.29, 1.82) is 0 Å². The monoisotopic (exact) mass is 444 g/mol. The molecular formula is C22H29FN6OS. The summed E-state index contributed by atoms with van der Waals surface area (Å²) in [5.41, 5.74) is 8.67. The summed E-state index contributed by atoms with van der Waals surface area (Å²) < 4.78 is 24.2. The fourth-order valence-corrected chi connectivity index (χ4v) is 5.31. The highest BCUT2D eigenvalue weighted by Crippen LogP contribution is 2.39. The van der Waals surface area contributed by atoms with Crippen LogP contribution < -0.4 is 20.9 Å². The van der Waals surface area contributed by atoms with Crippen molar-refractivity contribution in [3.8, 4) is 0 Å². The third kappa shape index (κ3) is 4.14. The zero-order valence-corrected chi connectivity index (χ0v) is 18.8. The molecule has 7 nitrogen and oxygen atoms in total. The number of aromatic amines is 1. The Morgan fingerprint density at radius 2 is 2.13 bits per heavy atom. The quantitative estimate of drug-likeness (QED) is 0.437. The molecule has 1 saturated carbocycles. The topological polar surface area (TPSA) is 86.0 Å². The van der Waals surface area contributed by atoms with Gasteiger partial charge in [0.15, 0.2) is 11.6 Å². The van der Waals surface area contributed by atoms with E-state index in [-0.39, 0.29) is 23.4 Å². The first-order valence-electron chi connectivity index (χ1n) is 10.8. The van der Waals surface area contributed by atoms with E-state index in [1.54, 1.807) is 6.07 Å². The number of nitrogens with zero attached hydrogens (tertiary/aromatic N) is 1. The van der Waals surface area contributed by atoms with E-state index >= 15 is 0 Å². The highest BCUT2D eigenvalue weighted by atomic mass is 32.2. The van der Waals surface area contributed by atoms with Crippen molar-refractivity contribution in [1.82, 2.24) is 25.8 Å². The number of hydrogen-bond acceptors (Lipinski definition) is 7. The number of nitrogens with one attached hydrogen (secondary N) is 5. The minimum absolute atomic E-state index is 0.0683. The number of anilines is 2. The Bertz CT molecular complexity index is 1000. The molecule has 1 aromatic heterocycles. The molecule has 31 heavy (non-hydrogen) atoms. The van der Waals surface area contributed by atoms with Crippen LogP contribution in [0.2, 0.25) is 0 Å². The van der Waals surface area contributed by atoms with Crippen LogP contribution in [0.3, 0.4) is 0 Å². The summed E-state index contributed by atoms with van der Waals surface area (Å²) >= 11 is 1.47. The Kier molecular flexibility index (Phi) is 5.35. The zero-order valence-electron chi connectivity index (χ0n) is 18.0. The molecule has 0 bridgehead atoms. The van der Waals surface area contributed by atoms with E-state index in [9.17, 15) is 4.39 Å². The van der Waals surface area contributed by atoms with E-state index in [0.717, 1.165) is 35.6 Å². The molecule has 1 aromatic carbocycles. The Morgan fingerprint density at radius 1 is 1.26 bits per heavy atom. The minimum Gasteiger partial charge on any atom is -0.491 e. The summed E-state index contributed by atoms with van der Waals surface area (Å²) in [6.45, 7) is 7.13. The van der Waals surface area contributed by atoms with Gasteiger partial charge in [-0.15, -0.1) is 0 Å². The van der Waals surface area contributed by atoms with Crippen LogP contribution in [0.15, 0.2) is 35.1 Å². The van der Waals surface area contributed by atoms with Crippen LogP contribution in [0.4, 0.5) is 15.9 Å². The molecule has 3 unspecified atom stereocenters. The van der Waals surface area contributed by atoms with Gasteiger partial charge in [-0.1, -0.05) is 20.8 Å². The summed E-state index contributed by atoms with van der Waals surface area (Å²) in [6, 6.07) is 5.85. The Hall–Kier alpha value is -2.23. The number of hydrogen-bond donors (Lipinski definition) is 5. The second-order valence-electron chi connectivity index (χ2n) is 9.54. The molecular weight excluding hydrogens is 415 g/mol. The molecule has 3 atom stereocenters. The second-order valence-corrected chi connectivity index (χ2v) is 10.5. The van der Waals surface area contributed by atoms with Crippen LogP contribution >= 0.6 is 11.9 Å². The van der Waals surface area contributed by atoms with Gasteiger partial charge >= 0.3 is 0 Å². The smallest absolute Gasteiger partial charge is 0.152 e. The van der Waals surface area contributed by atoms with E-state index in [0.29, 0.717) is 29.5 Å². The van der Waals surface area contributed by atoms with Crippen molar-refractivity contribution in [3.05, 3.63) is 47.2 Å². The maximum absolute atomic E-state index is 14.7. The number of rotatable bonds is 5. The molecule has 0 spiro atoms. The van der Waals surface area contributed by atoms with Crippen LogP contribution in [0.1, 0.15) is 57.2 Å². The van der Waals surface area contributed by atoms with Crippen molar-refractivity contribution >= 4 is 23.5 Å². The molecule has 0 radical (unpaired) electrons. The van der Waals surface area contributed by atoms with Crippen molar-refractivity contribution in [2.75, 3.05) is 5.32 Å². The average molecular weight is 445 g/mol. The summed E-state index contributed by atoms with van der Waals surface area (Å²) in [5, 5.41) is 10.6. The Balaban J connectivity index is 1.21. The van der Waals surface area contributed by atoms with Gasteiger partial charge in [0.25, 0.3) is 0 Å². The number of fused-ring (bicyclic) bond motifs is 1. The maximum atomic E-state index is 14.7. The highest BCUT2D eigenvalue weighted by molar-refractivity contribution is 7.97. The predicted octanol–water partition coefficient (Wildman–Crippen LogP) is 4.42. The van der Waals surface area contributed by atoms with Gasteiger partial charge in [-0.3, -0.25) is 9.82 Å². The van der Waals surface area contributed by atoms with Gasteiger partial charge < -0.3 is 15.5 Å². The van der Waals surface area contributed by atoms with Gasteiger partial charge in [-0.2, -0.15) is 5.10 Å². The van der Waals surface area contributed by atoms with Crippen LogP contribution in [-0.2, 0) is 11.3 Å². The summed E-state index contributed by atoms with van der Waals surface area (Å²) in [7, 11) is 0. The largest absolute Gasteiger partial charge is 0.491 e. The molecule has 1 aliphatic carbocycles. The lowest BCUT2D eigenvalue weighted by Gasteiger charge is -2.30. The lowest BCUT2D eigenvalue weighted by atomic mass is 9.86. The van der Waals surface area contributed by atoms with Gasteiger partial charge in [0.2, 0.25) is 0 Å². The van der Waals surface area contributed by atoms with Crippen molar-refractivity contribution < 1.29 is 9.13 Å². The van der Waals surface area contributed by atoms with Gasteiger partial charge in [0, 0.05) is 34.7 Å². The van der Waals surface area contributed by atoms with E-state index in [1.807, 2.05) is 18.3 Å². The van der Waals surface area contributed by atoms with Gasteiger partial charge in [0.05, 0.1) is 24.0 Å². The molecule has 166 valence electrons. The van der Waals surface area contributed by atoms with Crippen LogP contribution in [-0.4, -0.2) is 22.3 Å². The average Bonchev–Trinajstić information content (AvgIpc) is 3.50. The molecule has 3 heterocycles. The van der Waals surface area contributed by atoms with Gasteiger partial charge in [-0.05, 0) is 48.8 Å². The van der Waals surface area contributed by atoms with Crippen molar-refractivity contribution in [2.24, 2.45) is 5.41 Å². The molecule has 3 aliphatic rings. The number of H-pyrrole nitrogens is 1. The first-order chi connectivity index (χ1) is 14.9. The summed E-state index contributed by atoms with van der Waals surface area (Å²) in [5.74, 6) is 1.75. The summed E-state index contributed by atoms with van der Waals surface area (Å²) in [4.78, 5) is 0.944. The SMILES string of the molecule is CC(C)(C)C1NNC=C1OC1CCC(c2cc(Nc3ccc4c(c3F)CNS4)n[nH]2)C1. The maximum Gasteiger partial charge on any atom is 0.152 e. The van der Waals surface area contributed by atoms with Crippen LogP contribution in [0, 0.1) is 11.2 Å². The van der Waals surface area contributed by atoms with Gasteiger partial charge in [0.1, 0.15) is 5.76 Å². The first kappa shape index (κ1) is 20.7. The number of halogens is 1. The fraction of sp³-hybridized carbons (Fsp3) is 0.500. The number of hydrazine groups is 1. The van der Waals surface area contributed by atoms with Gasteiger partial charge in [-0.25, -0.2) is 9.82 Å². The third-order valence-corrected chi connectivity index (χ3v) is 7.10. The highest BCUT2D eigenvalue weighted by Gasteiger charge is 2.36. The van der Waals surface area contributed by atoms with E-state index in [1.165, 1.54) is 11.9 Å². The Morgan fingerprint density at radius 3 is 2.97 bits per heavy atom. The van der Waals surface area contributed by atoms with Crippen molar-refractivity contribution in [3.63, 3.8) is 0 Å². The van der Waals surface area contributed by atoms with E-state index < -0.39 is 0 Å². The molecule has 9 heteroatoms. The lowest BCUT2D eigenvalue weighted by molar-refractivity contribution is 0.0889. The normalized spacial score (nSPS) is 25.3. The molecule has 5 N–H and O–H groups in total.